The minimum Gasteiger partial charge on any atom is -0.352 e. The third-order valence-electron chi connectivity index (χ3n) is 3.31. The molecule has 0 saturated carbocycles. The summed E-state index contributed by atoms with van der Waals surface area (Å²) in [6.07, 6.45) is 2.52. The highest BCUT2D eigenvalue weighted by Gasteiger charge is 2.09. The topological polar surface area (TPSA) is 55.1 Å². The van der Waals surface area contributed by atoms with Gasteiger partial charge in [0.2, 0.25) is 5.91 Å². The zero-order valence-electron chi connectivity index (χ0n) is 11.4. The molecule has 0 fully saturated rings. The van der Waals surface area contributed by atoms with Gasteiger partial charge in [-0.2, -0.15) is 0 Å². The molecule has 0 aromatic heterocycles. The van der Waals surface area contributed by atoms with Crippen LogP contribution < -0.4 is 11.1 Å². The van der Waals surface area contributed by atoms with E-state index < -0.39 is 0 Å². The fraction of sp³-hybridized carbons (Fsp3) is 0.533. The number of hydrogen-bond donors (Lipinski definition) is 2. The van der Waals surface area contributed by atoms with Crippen molar-refractivity contribution in [2.24, 2.45) is 11.7 Å². The molecule has 1 aromatic rings. The van der Waals surface area contributed by atoms with Crippen molar-refractivity contribution in [1.29, 1.82) is 0 Å². The maximum Gasteiger partial charge on any atom is 0.220 e. The van der Waals surface area contributed by atoms with E-state index >= 15 is 0 Å². The van der Waals surface area contributed by atoms with E-state index in [1.807, 2.05) is 0 Å². The van der Waals surface area contributed by atoms with Crippen molar-refractivity contribution in [3.8, 4) is 0 Å². The summed E-state index contributed by atoms with van der Waals surface area (Å²) in [6.45, 7) is 5.38. The molecule has 3 N–H and O–H groups in total. The Morgan fingerprint density at radius 2 is 1.83 bits per heavy atom. The van der Waals surface area contributed by atoms with Crippen LogP contribution in [0, 0.1) is 5.92 Å². The van der Waals surface area contributed by atoms with Crippen LogP contribution >= 0.6 is 0 Å². The lowest BCUT2D eigenvalue weighted by Gasteiger charge is -2.12. The van der Waals surface area contributed by atoms with Gasteiger partial charge >= 0.3 is 0 Å². The van der Waals surface area contributed by atoms with Crippen LogP contribution in [-0.2, 0) is 17.8 Å². The quantitative estimate of drug-likeness (QED) is 0.777. The molecule has 0 radical (unpaired) electrons. The molecule has 0 aliphatic carbocycles. The molecule has 1 atom stereocenters. The van der Waals surface area contributed by atoms with E-state index in [1.54, 1.807) is 0 Å². The highest BCUT2D eigenvalue weighted by atomic mass is 16.1. The smallest absolute Gasteiger partial charge is 0.220 e. The first-order chi connectivity index (χ1) is 8.69. The Bertz CT molecular complexity index is 355. The number of amides is 1. The predicted octanol–water partition coefficient (Wildman–Crippen LogP) is 2.24. The summed E-state index contributed by atoms with van der Waals surface area (Å²) in [5.74, 6) is 0.388. The van der Waals surface area contributed by atoms with Crippen molar-refractivity contribution in [3.05, 3.63) is 35.4 Å². The van der Waals surface area contributed by atoms with Crippen LogP contribution in [0.25, 0.3) is 0 Å². The Labute approximate surface area is 110 Å². The van der Waals surface area contributed by atoms with Crippen LogP contribution in [0.3, 0.4) is 0 Å². The minimum atomic E-state index is 0.0897. The van der Waals surface area contributed by atoms with Crippen LogP contribution in [0.5, 0.6) is 0 Å². The summed E-state index contributed by atoms with van der Waals surface area (Å²) in [5, 5.41) is 2.94. The number of aryl methyl sites for hydroxylation is 1. The predicted molar refractivity (Wildman–Crippen MR) is 75.1 cm³/mol. The van der Waals surface area contributed by atoms with Gasteiger partial charge in [0.25, 0.3) is 0 Å². The zero-order valence-corrected chi connectivity index (χ0v) is 11.4. The van der Waals surface area contributed by atoms with E-state index in [1.165, 1.54) is 5.56 Å². The number of rotatable bonds is 7. The highest BCUT2D eigenvalue weighted by Crippen LogP contribution is 2.07. The molecular weight excluding hydrogens is 224 g/mol. The van der Waals surface area contributed by atoms with Gasteiger partial charge < -0.3 is 11.1 Å². The third kappa shape index (κ3) is 4.88. The van der Waals surface area contributed by atoms with Crippen molar-refractivity contribution < 1.29 is 4.79 Å². The molecule has 18 heavy (non-hydrogen) atoms. The normalized spacial score (nSPS) is 12.2. The zero-order chi connectivity index (χ0) is 13.4. The molecule has 0 aliphatic heterocycles. The lowest BCUT2D eigenvalue weighted by atomic mass is 10.0. The van der Waals surface area contributed by atoms with Gasteiger partial charge in [-0.25, -0.2) is 0 Å². The molecule has 3 heteroatoms. The number of hydrogen-bond acceptors (Lipinski definition) is 2. The molecule has 0 spiro atoms. The molecule has 0 bridgehead atoms. The van der Waals surface area contributed by atoms with Gasteiger partial charge in [0.1, 0.15) is 0 Å². The fourth-order valence-corrected chi connectivity index (χ4v) is 1.82. The van der Waals surface area contributed by atoms with E-state index in [2.05, 4.69) is 43.4 Å². The van der Waals surface area contributed by atoms with Crippen LogP contribution in [0.4, 0.5) is 0 Å². The molecule has 1 unspecified atom stereocenters. The van der Waals surface area contributed by atoms with E-state index in [4.69, 9.17) is 5.73 Å². The van der Waals surface area contributed by atoms with Crippen LogP contribution in [0.1, 0.15) is 37.8 Å². The standard InChI is InChI=1S/C15H24N2O/c1-3-12-5-7-14(8-6-12)11-17-15(18)9-13(4-2)10-16/h5-8,13H,3-4,9-11,16H2,1-2H3,(H,17,18). The Hall–Kier alpha value is -1.35. The second kappa shape index (κ2) is 7.88. The molecule has 0 heterocycles. The maximum absolute atomic E-state index is 11.7. The molecule has 1 rings (SSSR count). The fourth-order valence-electron chi connectivity index (χ4n) is 1.82. The van der Waals surface area contributed by atoms with Crippen LogP contribution in [0.15, 0.2) is 24.3 Å². The van der Waals surface area contributed by atoms with E-state index in [0.29, 0.717) is 25.4 Å². The van der Waals surface area contributed by atoms with Gasteiger partial charge in [-0.1, -0.05) is 44.5 Å². The number of carbonyl (C=O) groups excluding carboxylic acids is 1. The Kier molecular flexibility index (Phi) is 6.44. The molecule has 1 aromatic carbocycles. The van der Waals surface area contributed by atoms with Crippen molar-refractivity contribution >= 4 is 5.91 Å². The van der Waals surface area contributed by atoms with Crippen molar-refractivity contribution in [2.75, 3.05) is 6.54 Å². The minimum absolute atomic E-state index is 0.0897. The van der Waals surface area contributed by atoms with Gasteiger partial charge in [-0.05, 0) is 30.0 Å². The van der Waals surface area contributed by atoms with Crippen LogP contribution in [-0.4, -0.2) is 12.5 Å². The van der Waals surface area contributed by atoms with Gasteiger partial charge in [-0.15, -0.1) is 0 Å². The Balaban J connectivity index is 2.37. The number of nitrogens with one attached hydrogen (secondary N) is 1. The first kappa shape index (κ1) is 14.7. The first-order valence-electron chi connectivity index (χ1n) is 6.74. The molecule has 3 nitrogen and oxygen atoms in total. The SMILES string of the molecule is CCc1ccc(CNC(=O)CC(CC)CN)cc1. The average Bonchev–Trinajstić information content (AvgIpc) is 2.43. The summed E-state index contributed by atoms with van der Waals surface area (Å²) in [7, 11) is 0. The summed E-state index contributed by atoms with van der Waals surface area (Å²) in [5.41, 5.74) is 8.05. The average molecular weight is 248 g/mol. The molecular formula is C15H24N2O. The molecule has 0 saturated heterocycles. The lowest BCUT2D eigenvalue weighted by molar-refractivity contribution is -0.122. The van der Waals surface area contributed by atoms with Gasteiger partial charge in [0, 0.05) is 13.0 Å². The Morgan fingerprint density at radius 1 is 1.22 bits per heavy atom. The number of benzene rings is 1. The monoisotopic (exact) mass is 248 g/mol. The molecule has 0 aliphatic rings. The highest BCUT2D eigenvalue weighted by molar-refractivity contribution is 5.76. The second-order valence-electron chi connectivity index (χ2n) is 4.66. The number of carbonyl (C=O) groups is 1. The third-order valence-corrected chi connectivity index (χ3v) is 3.31. The van der Waals surface area contributed by atoms with E-state index in [9.17, 15) is 4.79 Å². The summed E-state index contributed by atoms with van der Waals surface area (Å²) >= 11 is 0. The summed E-state index contributed by atoms with van der Waals surface area (Å²) in [6, 6.07) is 8.35. The molecule has 1 amide bonds. The van der Waals surface area contributed by atoms with Gasteiger partial charge in [0.05, 0.1) is 0 Å². The first-order valence-corrected chi connectivity index (χ1v) is 6.74. The van der Waals surface area contributed by atoms with Crippen molar-refractivity contribution in [3.63, 3.8) is 0 Å². The second-order valence-corrected chi connectivity index (χ2v) is 4.66. The number of nitrogens with two attached hydrogens (primary N) is 1. The molecule has 100 valence electrons. The van der Waals surface area contributed by atoms with Crippen molar-refractivity contribution in [1.82, 2.24) is 5.32 Å². The van der Waals surface area contributed by atoms with Gasteiger partial charge in [-0.3, -0.25) is 4.79 Å². The van der Waals surface area contributed by atoms with Crippen molar-refractivity contribution in [2.45, 2.75) is 39.7 Å². The van der Waals surface area contributed by atoms with Crippen LogP contribution in [0.2, 0.25) is 0 Å². The van der Waals surface area contributed by atoms with Gasteiger partial charge in [0.15, 0.2) is 0 Å². The maximum atomic E-state index is 11.7. The van der Waals surface area contributed by atoms with E-state index in [0.717, 1.165) is 18.4 Å². The largest absolute Gasteiger partial charge is 0.352 e. The summed E-state index contributed by atoms with van der Waals surface area (Å²) in [4.78, 5) is 11.7. The Morgan fingerprint density at radius 3 is 2.33 bits per heavy atom. The van der Waals surface area contributed by atoms with E-state index in [-0.39, 0.29) is 5.91 Å². The summed E-state index contributed by atoms with van der Waals surface area (Å²) < 4.78 is 0. The lowest BCUT2D eigenvalue weighted by Crippen LogP contribution is -2.27.